The normalized spacial score (nSPS) is 18.3. The lowest BCUT2D eigenvalue weighted by atomic mass is 9.94. The Labute approximate surface area is 95.4 Å². The molecule has 1 aliphatic rings. The number of piperidine rings is 1. The molecular weight excluding hydrogens is 210 g/mol. The van der Waals surface area contributed by atoms with Gasteiger partial charge in [0.25, 0.3) is 0 Å². The van der Waals surface area contributed by atoms with E-state index < -0.39 is 5.97 Å². The molecular formula is C11H19NO4. The second-order valence-corrected chi connectivity index (χ2v) is 4.12. The number of carbonyl (C=O) groups excluding carboxylic acids is 1. The van der Waals surface area contributed by atoms with Crippen LogP contribution >= 0.6 is 0 Å². The number of carbonyl (C=O) groups is 2. The Morgan fingerprint density at radius 1 is 1.38 bits per heavy atom. The van der Waals surface area contributed by atoms with Crippen molar-refractivity contribution in [1.82, 2.24) is 4.90 Å². The number of nitrogens with zero attached hydrogens (tertiary/aromatic N) is 1. The molecule has 0 saturated carbocycles. The van der Waals surface area contributed by atoms with Crippen LogP contribution in [0.4, 0.5) is 0 Å². The van der Waals surface area contributed by atoms with Crippen LogP contribution in [-0.4, -0.2) is 48.2 Å². The van der Waals surface area contributed by atoms with Gasteiger partial charge in [-0.3, -0.25) is 14.5 Å². The maximum atomic E-state index is 11.2. The molecule has 0 aromatic carbocycles. The number of hydrogen-bond donors (Lipinski definition) is 1. The second kappa shape index (κ2) is 6.48. The molecule has 0 aromatic heterocycles. The van der Waals surface area contributed by atoms with Crippen molar-refractivity contribution < 1.29 is 19.4 Å². The third-order valence-corrected chi connectivity index (χ3v) is 2.83. The minimum atomic E-state index is -0.733. The summed E-state index contributed by atoms with van der Waals surface area (Å²) in [6.07, 6.45) is 1.95. The van der Waals surface area contributed by atoms with Gasteiger partial charge in [0.2, 0.25) is 0 Å². The fourth-order valence-corrected chi connectivity index (χ4v) is 1.98. The predicted molar refractivity (Wildman–Crippen MR) is 58.0 cm³/mol. The zero-order chi connectivity index (χ0) is 12.0. The van der Waals surface area contributed by atoms with Gasteiger partial charge in [0.1, 0.15) is 0 Å². The third kappa shape index (κ3) is 4.61. The smallest absolute Gasteiger partial charge is 0.320 e. The van der Waals surface area contributed by atoms with E-state index in [9.17, 15) is 9.59 Å². The maximum Gasteiger partial charge on any atom is 0.320 e. The van der Waals surface area contributed by atoms with Gasteiger partial charge in [0.15, 0.2) is 0 Å². The topological polar surface area (TPSA) is 66.8 Å². The van der Waals surface area contributed by atoms with Gasteiger partial charge in [0, 0.05) is 6.42 Å². The summed E-state index contributed by atoms with van der Waals surface area (Å²) in [5, 5.41) is 8.66. The average molecular weight is 229 g/mol. The Balaban J connectivity index is 2.21. The Morgan fingerprint density at radius 3 is 2.50 bits per heavy atom. The lowest BCUT2D eigenvalue weighted by Crippen LogP contribution is -2.38. The van der Waals surface area contributed by atoms with E-state index in [1.54, 1.807) is 6.92 Å². The number of aliphatic carboxylic acids is 1. The molecule has 0 amide bonds. The highest BCUT2D eigenvalue weighted by molar-refractivity contribution is 5.71. The summed E-state index contributed by atoms with van der Waals surface area (Å²) in [5.41, 5.74) is 0. The van der Waals surface area contributed by atoms with Crippen molar-refractivity contribution in [2.75, 3.05) is 26.2 Å². The molecule has 16 heavy (non-hydrogen) atoms. The highest BCUT2D eigenvalue weighted by Crippen LogP contribution is 2.20. The van der Waals surface area contributed by atoms with Crippen LogP contribution in [0.3, 0.4) is 0 Å². The fraction of sp³-hybridized carbons (Fsp3) is 0.818. The molecule has 1 saturated heterocycles. The molecule has 5 nitrogen and oxygen atoms in total. The molecule has 1 rings (SSSR count). The van der Waals surface area contributed by atoms with Gasteiger partial charge in [-0.05, 0) is 38.8 Å². The SMILES string of the molecule is CCOC(=O)CN1CCC(CC(=O)O)CC1. The molecule has 0 unspecified atom stereocenters. The molecule has 1 N–H and O–H groups in total. The van der Waals surface area contributed by atoms with Crippen LogP contribution < -0.4 is 0 Å². The van der Waals surface area contributed by atoms with Gasteiger partial charge in [-0.1, -0.05) is 0 Å². The number of hydrogen-bond acceptors (Lipinski definition) is 4. The van der Waals surface area contributed by atoms with Gasteiger partial charge in [-0.25, -0.2) is 0 Å². The van der Waals surface area contributed by atoms with Crippen molar-refractivity contribution in [2.24, 2.45) is 5.92 Å². The molecule has 1 fully saturated rings. The van der Waals surface area contributed by atoms with E-state index in [2.05, 4.69) is 0 Å². The number of ether oxygens (including phenoxy) is 1. The number of esters is 1. The Morgan fingerprint density at radius 2 is 2.00 bits per heavy atom. The molecule has 92 valence electrons. The van der Waals surface area contributed by atoms with Gasteiger partial charge in [0.05, 0.1) is 13.2 Å². The average Bonchev–Trinajstić information content (AvgIpc) is 2.20. The van der Waals surface area contributed by atoms with E-state index in [-0.39, 0.29) is 18.3 Å². The van der Waals surface area contributed by atoms with E-state index in [0.29, 0.717) is 13.2 Å². The quantitative estimate of drug-likeness (QED) is 0.704. The number of likely N-dealkylation sites (tertiary alicyclic amines) is 1. The van der Waals surface area contributed by atoms with E-state index in [1.165, 1.54) is 0 Å². The molecule has 1 heterocycles. The molecule has 0 aromatic rings. The van der Waals surface area contributed by atoms with Crippen molar-refractivity contribution in [3.05, 3.63) is 0 Å². The third-order valence-electron chi connectivity index (χ3n) is 2.83. The Bertz CT molecular complexity index is 246. The molecule has 0 aliphatic carbocycles. The summed E-state index contributed by atoms with van der Waals surface area (Å²) in [4.78, 5) is 23.8. The zero-order valence-electron chi connectivity index (χ0n) is 9.65. The van der Waals surface area contributed by atoms with Crippen LogP contribution in [0.1, 0.15) is 26.2 Å². The van der Waals surface area contributed by atoms with E-state index >= 15 is 0 Å². The van der Waals surface area contributed by atoms with Crippen LogP contribution in [0.2, 0.25) is 0 Å². The van der Waals surface area contributed by atoms with Crippen molar-refractivity contribution >= 4 is 11.9 Å². The van der Waals surface area contributed by atoms with E-state index in [4.69, 9.17) is 9.84 Å². The Kier molecular flexibility index (Phi) is 5.25. The summed E-state index contributed by atoms with van der Waals surface area (Å²) >= 11 is 0. The number of carboxylic acids is 1. The lowest BCUT2D eigenvalue weighted by Gasteiger charge is -2.30. The summed E-state index contributed by atoms with van der Waals surface area (Å²) in [7, 11) is 0. The van der Waals surface area contributed by atoms with E-state index in [0.717, 1.165) is 25.9 Å². The summed E-state index contributed by atoms with van der Waals surface area (Å²) in [5.74, 6) is -0.668. The van der Waals surface area contributed by atoms with Crippen molar-refractivity contribution in [1.29, 1.82) is 0 Å². The molecule has 0 radical (unpaired) electrons. The van der Waals surface area contributed by atoms with Crippen LogP contribution in [0.5, 0.6) is 0 Å². The Hall–Kier alpha value is -1.10. The first kappa shape index (κ1) is 13.0. The summed E-state index contributed by atoms with van der Waals surface area (Å²) in [6.45, 7) is 4.10. The van der Waals surface area contributed by atoms with Gasteiger partial charge in [-0.2, -0.15) is 0 Å². The molecule has 0 spiro atoms. The van der Waals surface area contributed by atoms with Crippen LogP contribution in [-0.2, 0) is 14.3 Å². The first-order chi connectivity index (χ1) is 7.61. The first-order valence-corrected chi connectivity index (χ1v) is 5.71. The minimum Gasteiger partial charge on any atom is -0.481 e. The van der Waals surface area contributed by atoms with Crippen LogP contribution in [0, 0.1) is 5.92 Å². The van der Waals surface area contributed by atoms with E-state index in [1.807, 2.05) is 4.90 Å². The van der Waals surface area contributed by atoms with Crippen molar-refractivity contribution in [3.63, 3.8) is 0 Å². The number of carboxylic acid groups (broad SMARTS) is 1. The zero-order valence-corrected chi connectivity index (χ0v) is 9.65. The van der Waals surface area contributed by atoms with Crippen LogP contribution in [0.25, 0.3) is 0 Å². The predicted octanol–water partition coefficient (Wildman–Crippen LogP) is 0.736. The van der Waals surface area contributed by atoms with Gasteiger partial charge >= 0.3 is 11.9 Å². The molecule has 0 bridgehead atoms. The van der Waals surface area contributed by atoms with Crippen LogP contribution in [0.15, 0.2) is 0 Å². The van der Waals surface area contributed by atoms with Gasteiger partial charge in [-0.15, -0.1) is 0 Å². The molecule has 1 aliphatic heterocycles. The molecule has 5 heteroatoms. The standard InChI is InChI=1S/C11H19NO4/c1-2-16-11(15)8-12-5-3-9(4-6-12)7-10(13)14/h9H,2-8H2,1H3,(H,13,14). The summed E-state index contributed by atoms with van der Waals surface area (Å²) < 4.78 is 4.86. The maximum absolute atomic E-state index is 11.2. The monoisotopic (exact) mass is 229 g/mol. The fourth-order valence-electron chi connectivity index (χ4n) is 1.98. The van der Waals surface area contributed by atoms with Gasteiger partial charge < -0.3 is 9.84 Å². The lowest BCUT2D eigenvalue weighted by molar-refractivity contribution is -0.145. The minimum absolute atomic E-state index is 0.195. The first-order valence-electron chi connectivity index (χ1n) is 5.71. The molecule has 0 atom stereocenters. The largest absolute Gasteiger partial charge is 0.481 e. The van der Waals surface area contributed by atoms with Crippen molar-refractivity contribution in [2.45, 2.75) is 26.2 Å². The second-order valence-electron chi connectivity index (χ2n) is 4.12. The highest BCUT2D eigenvalue weighted by Gasteiger charge is 2.22. The number of rotatable bonds is 5. The highest BCUT2D eigenvalue weighted by atomic mass is 16.5. The summed E-state index contributed by atoms with van der Waals surface area (Å²) in [6, 6.07) is 0. The van der Waals surface area contributed by atoms with Crippen molar-refractivity contribution in [3.8, 4) is 0 Å².